The largest absolute Gasteiger partial charge is 0.310 e. The molecule has 0 spiro atoms. The third-order valence-electron chi connectivity index (χ3n) is 3.39. The van der Waals surface area contributed by atoms with Crippen LogP contribution < -0.4 is 5.32 Å². The van der Waals surface area contributed by atoms with Crippen LogP contribution >= 0.6 is 31.9 Å². The van der Waals surface area contributed by atoms with Crippen molar-refractivity contribution in [2.24, 2.45) is 0 Å². The van der Waals surface area contributed by atoms with Gasteiger partial charge in [-0.2, -0.15) is 0 Å². The molecule has 0 radical (unpaired) electrons. The molecule has 1 atom stereocenters. The second-order valence-electron chi connectivity index (χ2n) is 4.45. The molecule has 1 N–H and O–H groups in total. The predicted molar refractivity (Wildman–Crippen MR) is 79.3 cm³/mol. The highest BCUT2D eigenvalue weighted by molar-refractivity contribution is 9.11. The summed E-state index contributed by atoms with van der Waals surface area (Å²) in [6.07, 6.45) is 2.49. The topological polar surface area (TPSA) is 12.0 Å². The zero-order chi connectivity index (χ0) is 11.8. The van der Waals surface area contributed by atoms with Crippen molar-refractivity contribution in [2.45, 2.75) is 18.9 Å². The maximum absolute atomic E-state index is 3.71. The Morgan fingerprint density at radius 3 is 2.53 bits per heavy atom. The van der Waals surface area contributed by atoms with Crippen LogP contribution in [0.1, 0.15) is 24.4 Å². The molecule has 1 saturated heterocycles. The van der Waals surface area contributed by atoms with E-state index in [9.17, 15) is 0 Å². The van der Waals surface area contributed by atoms with Gasteiger partial charge in [0.1, 0.15) is 0 Å². The van der Waals surface area contributed by atoms with Gasteiger partial charge in [-0.15, -0.1) is 0 Å². The van der Waals surface area contributed by atoms with E-state index in [0.29, 0.717) is 6.04 Å². The van der Waals surface area contributed by atoms with Crippen molar-refractivity contribution in [1.82, 2.24) is 5.32 Å². The predicted octanol–water partition coefficient (Wildman–Crippen LogP) is 4.79. The molecule has 1 heterocycles. The second-order valence-corrected chi connectivity index (χ2v) is 6.16. The third kappa shape index (κ3) is 2.05. The summed E-state index contributed by atoms with van der Waals surface area (Å²) < 4.78 is 2.35. The molecule has 88 valence electrons. The van der Waals surface area contributed by atoms with E-state index in [1.165, 1.54) is 33.7 Å². The van der Waals surface area contributed by atoms with Crippen molar-refractivity contribution in [2.75, 3.05) is 6.54 Å². The van der Waals surface area contributed by atoms with Crippen LogP contribution in [0.2, 0.25) is 0 Å². The molecule has 0 amide bonds. The van der Waals surface area contributed by atoms with Crippen LogP contribution in [0.25, 0.3) is 10.8 Å². The molecule has 1 nitrogen and oxygen atoms in total. The molecule has 0 aromatic heterocycles. The van der Waals surface area contributed by atoms with Crippen molar-refractivity contribution in [3.63, 3.8) is 0 Å². The van der Waals surface area contributed by atoms with E-state index < -0.39 is 0 Å². The lowest BCUT2D eigenvalue weighted by Crippen LogP contribution is -2.13. The summed E-state index contributed by atoms with van der Waals surface area (Å²) in [6.45, 7) is 1.13. The summed E-state index contributed by atoms with van der Waals surface area (Å²) in [4.78, 5) is 0. The summed E-state index contributed by atoms with van der Waals surface area (Å²) in [7, 11) is 0. The van der Waals surface area contributed by atoms with Crippen LogP contribution in [-0.4, -0.2) is 6.54 Å². The Kier molecular flexibility index (Phi) is 3.24. The Hall–Kier alpha value is -0.380. The van der Waals surface area contributed by atoms with Gasteiger partial charge in [-0.1, -0.05) is 56.1 Å². The lowest BCUT2D eigenvalue weighted by molar-refractivity contribution is 0.650. The monoisotopic (exact) mass is 353 g/mol. The first-order chi connectivity index (χ1) is 8.27. The molecule has 1 aliphatic heterocycles. The van der Waals surface area contributed by atoms with Gasteiger partial charge in [0.2, 0.25) is 0 Å². The fraction of sp³-hybridized carbons (Fsp3) is 0.286. The molecule has 17 heavy (non-hydrogen) atoms. The molecule has 0 aliphatic carbocycles. The van der Waals surface area contributed by atoms with E-state index in [2.05, 4.69) is 67.5 Å². The minimum atomic E-state index is 0.488. The number of halogens is 2. The SMILES string of the molecule is Brc1cc(Br)c2ccccc2c1C1CCCN1. The molecular formula is C14H13Br2N. The van der Waals surface area contributed by atoms with Gasteiger partial charge in [0.25, 0.3) is 0 Å². The molecule has 1 fully saturated rings. The standard InChI is InChI=1S/C14H13Br2N/c15-11-8-12(16)14(13-6-3-7-17-13)10-5-2-1-4-9(10)11/h1-2,4-5,8,13,17H,3,6-7H2. The number of fused-ring (bicyclic) bond motifs is 1. The summed E-state index contributed by atoms with van der Waals surface area (Å²) in [5.74, 6) is 0. The van der Waals surface area contributed by atoms with Gasteiger partial charge in [-0.25, -0.2) is 0 Å². The first kappa shape index (κ1) is 11.7. The molecule has 0 bridgehead atoms. The highest BCUT2D eigenvalue weighted by atomic mass is 79.9. The van der Waals surface area contributed by atoms with E-state index in [1.54, 1.807) is 0 Å². The smallest absolute Gasteiger partial charge is 0.0338 e. The second kappa shape index (κ2) is 4.71. The third-order valence-corrected chi connectivity index (χ3v) is 4.71. The maximum atomic E-state index is 3.71. The molecule has 3 rings (SSSR count). The molecule has 2 aromatic rings. The van der Waals surface area contributed by atoms with Crippen LogP contribution in [0.15, 0.2) is 39.3 Å². The first-order valence-electron chi connectivity index (χ1n) is 5.87. The lowest BCUT2D eigenvalue weighted by Gasteiger charge is -2.17. The van der Waals surface area contributed by atoms with Crippen LogP contribution in [0, 0.1) is 0 Å². The van der Waals surface area contributed by atoms with Crippen molar-refractivity contribution < 1.29 is 0 Å². The highest BCUT2D eigenvalue weighted by Crippen LogP contribution is 2.38. The molecule has 3 heteroatoms. The number of hydrogen-bond acceptors (Lipinski definition) is 1. The molecular weight excluding hydrogens is 342 g/mol. The van der Waals surface area contributed by atoms with Crippen molar-refractivity contribution in [3.8, 4) is 0 Å². The van der Waals surface area contributed by atoms with E-state index in [4.69, 9.17) is 0 Å². The Balaban J connectivity index is 2.28. The zero-order valence-corrected chi connectivity index (χ0v) is 12.5. The van der Waals surface area contributed by atoms with Gasteiger partial charge in [0, 0.05) is 15.0 Å². The Morgan fingerprint density at radius 1 is 1.06 bits per heavy atom. The first-order valence-corrected chi connectivity index (χ1v) is 7.46. The zero-order valence-electron chi connectivity index (χ0n) is 9.34. The highest BCUT2D eigenvalue weighted by Gasteiger charge is 2.21. The molecule has 0 saturated carbocycles. The van der Waals surface area contributed by atoms with Gasteiger partial charge >= 0.3 is 0 Å². The Bertz CT molecular complexity index is 559. The van der Waals surface area contributed by atoms with E-state index in [0.717, 1.165) is 11.0 Å². The maximum Gasteiger partial charge on any atom is 0.0338 e. The fourth-order valence-electron chi connectivity index (χ4n) is 2.61. The summed E-state index contributed by atoms with van der Waals surface area (Å²) >= 11 is 7.35. The minimum Gasteiger partial charge on any atom is -0.310 e. The number of hydrogen-bond donors (Lipinski definition) is 1. The normalized spacial score (nSPS) is 20.0. The average Bonchev–Trinajstić information content (AvgIpc) is 2.83. The van der Waals surface area contributed by atoms with Crippen LogP contribution in [0.3, 0.4) is 0 Å². The molecule has 2 aromatic carbocycles. The summed E-state index contributed by atoms with van der Waals surface area (Å²) in [5, 5.41) is 6.21. The molecule has 1 unspecified atom stereocenters. The van der Waals surface area contributed by atoms with Gasteiger partial charge in [-0.05, 0) is 41.8 Å². The van der Waals surface area contributed by atoms with Crippen molar-refractivity contribution in [1.29, 1.82) is 0 Å². The average molecular weight is 355 g/mol. The summed E-state index contributed by atoms with van der Waals surface area (Å²) in [5.41, 5.74) is 1.40. The minimum absolute atomic E-state index is 0.488. The van der Waals surface area contributed by atoms with Gasteiger partial charge in [0.05, 0.1) is 0 Å². The Morgan fingerprint density at radius 2 is 1.82 bits per heavy atom. The lowest BCUT2D eigenvalue weighted by atomic mass is 9.98. The number of rotatable bonds is 1. The van der Waals surface area contributed by atoms with E-state index >= 15 is 0 Å². The molecule has 1 aliphatic rings. The fourth-order valence-corrected chi connectivity index (χ4v) is 4.21. The van der Waals surface area contributed by atoms with Crippen LogP contribution in [-0.2, 0) is 0 Å². The van der Waals surface area contributed by atoms with Gasteiger partial charge < -0.3 is 5.32 Å². The number of benzene rings is 2. The van der Waals surface area contributed by atoms with E-state index in [-0.39, 0.29) is 0 Å². The van der Waals surface area contributed by atoms with Crippen LogP contribution in [0.5, 0.6) is 0 Å². The Labute approximate surface area is 118 Å². The van der Waals surface area contributed by atoms with Gasteiger partial charge in [0.15, 0.2) is 0 Å². The van der Waals surface area contributed by atoms with E-state index in [1.807, 2.05) is 0 Å². The number of nitrogens with one attached hydrogen (secondary N) is 1. The van der Waals surface area contributed by atoms with Crippen molar-refractivity contribution in [3.05, 3.63) is 44.8 Å². The van der Waals surface area contributed by atoms with Gasteiger partial charge in [-0.3, -0.25) is 0 Å². The van der Waals surface area contributed by atoms with Crippen LogP contribution in [0.4, 0.5) is 0 Å². The van der Waals surface area contributed by atoms with Crippen molar-refractivity contribution >= 4 is 42.6 Å². The quantitative estimate of drug-likeness (QED) is 0.776. The summed E-state index contributed by atoms with van der Waals surface area (Å²) in [6, 6.07) is 11.2.